The summed E-state index contributed by atoms with van der Waals surface area (Å²) < 4.78 is 6.75. The average molecular weight is 253 g/mol. The van der Waals surface area contributed by atoms with E-state index in [1.807, 2.05) is 13.8 Å². The predicted molar refractivity (Wildman–Crippen MR) is 67.8 cm³/mol. The Kier molecular flexibility index (Phi) is 3.68. The Morgan fingerprint density at radius 3 is 3.06 bits per heavy atom. The SMILES string of the molecule is CC(C)n1ccnc(NCC2(O)CCOC2)c1=O. The predicted octanol–water partition coefficient (Wildman–Crippen LogP) is 0.388. The second kappa shape index (κ2) is 5.07. The molecule has 0 aliphatic carbocycles. The highest BCUT2D eigenvalue weighted by Gasteiger charge is 2.32. The first-order valence-corrected chi connectivity index (χ1v) is 6.13. The van der Waals surface area contributed by atoms with Gasteiger partial charge in [-0.05, 0) is 13.8 Å². The molecule has 0 amide bonds. The summed E-state index contributed by atoms with van der Waals surface area (Å²) in [4.78, 5) is 16.1. The minimum atomic E-state index is -0.896. The first-order valence-electron chi connectivity index (χ1n) is 6.13. The van der Waals surface area contributed by atoms with Crippen LogP contribution < -0.4 is 10.9 Å². The van der Waals surface area contributed by atoms with E-state index in [2.05, 4.69) is 10.3 Å². The third kappa shape index (κ3) is 2.70. The van der Waals surface area contributed by atoms with E-state index >= 15 is 0 Å². The van der Waals surface area contributed by atoms with Crippen LogP contribution in [0.3, 0.4) is 0 Å². The molecular weight excluding hydrogens is 234 g/mol. The van der Waals surface area contributed by atoms with Crippen molar-refractivity contribution in [3.63, 3.8) is 0 Å². The standard InChI is InChI=1S/C12H19N3O3/c1-9(2)15-5-4-13-10(11(15)16)14-7-12(17)3-6-18-8-12/h4-5,9,17H,3,6-8H2,1-2H3,(H,13,14). The summed E-state index contributed by atoms with van der Waals surface area (Å²) in [6, 6.07) is 0.0824. The summed E-state index contributed by atoms with van der Waals surface area (Å²) in [5.41, 5.74) is -1.07. The van der Waals surface area contributed by atoms with Crippen LogP contribution in [0.2, 0.25) is 0 Å². The van der Waals surface area contributed by atoms with E-state index in [1.54, 1.807) is 17.0 Å². The topological polar surface area (TPSA) is 76.4 Å². The van der Waals surface area contributed by atoms with E-state index < -0.39 is 5.60 Å². The van der Waals surface area contributed by atoms with Gasteiger partial charge in [0.05, 0.1) is 6.61 Å². The maximum absolute atomic E-state index is 12.0. The molecule has 6 heteroatoms. The normalized spacial score (nSPS) is 23.6. The van der Waals surface area contributed by atoms with Gasteiger partial charge >= 0.3 is 0 Å². The summed E-state index contributed by atoms with van der Waals surface area (Å²) in [6.07, 6.45) is 3.82. The van der Waals surface area contributed by atoms with Crippen LogP contribution in [-0.4, -0.2) is 40.0 Å². The third-order valence-electron chi connectivity index (χ3n) is 3.09. The van der Waals surface area contributed by atoms with Gasteiger partial charge in [-0.15, -0.1) is 0 Å². The smallest absolute Gasteiger partial charge is 0.293 e. The molecule has 1 fully saturated rings. The molecule has 1 aromatic rings. The average Bonchev–Trinajstić information content (AvgIpc) is 2.75. The highest BCUT2D eigenvalue weighted by Crippen LogP contribution is 2.18. The molecule has 2 N–H and O–H groups in total. The van der Waals surface area contributed by atoms with Crippen LogP contribution >= 0.6 is 0 Å². The molecule has 1 aliphatic heterocycles. The van der Waals surface area contributed by atoms with Gasteiger partial charge in [0.15, 0.2) is 5.82 Å². The van der Waals surface area contributed by atoms with Crippen molar-refractivity contribution < 1.29 is 9.84 Å². The van der Waals surface area contributed by atoms with Crippen LogP contribution in [0.1, 0.15) is 26.3 Å². The van der Waals surface area contributed by atoms with Crippen molar-refractivity contribution in [3.05, 3.63) is 22.7 Å². The van der Waals surface area contributed by atoms with Gasteiger partial charge in [0.1, 0.15) is 5.60 Å². The van der Waals surface area contributed by atoms with Gasteiger partial charge in [0.25, 0.3) is 5.56 Å². The lowest BCUT2D eigenvalue weighted by atomic mass is 10.0. The quantitative estimate of drug-likeness (QED) is 0.811. The molecule has 18 heavy (non-hydrogen) atoms. The highest BCUT2D eigenvalue weighted by atomic mass is 16.5. The molecule has 2 rings (SSSR count). The van der Waals surface area contributed by atoms with Crippen LogP contribution in [0.5, 0.6) is 0 Å². The fourth-order valence-electron chi connectivity index (χ4n) is 1.94. The number of aliphatic hydroxyl groups is 1. The zero-order valence-electron chi connectivity index (χ0n) is 10.7. The van der Waals surface area contributed by atoms with Gasteiger partial charge < -0.3 is 19.7 Å². The van der Waals surface area contributed by atoms with Crippen LogP contribution in [-0.2, 0) is 4.74 Å². The zero-order chi connectivity index (χ0) is 13.2. The van der Waals surface area contributed by atoms with Gasteiger partial charge in [-0.25, -0.2) is 4.98 Å². The Labute approximate surface area is 106 Å². The number of aromatic nitrogens is 2. The number of nitrogens with one attached hydrogen (secondary N) is 1. The number of rotatable bonds is 4. The monoisotopic (exact) mass is 253 g/mol. The van der Waals surface area contributed by atoms with Crippen molar-refractivity contribution in [2.75, 3.05) is 25.1 Å². The largest absolute Gasteiger partial charge is 0.386 e. The lowest BCUT2D eigenvalue weighted by molar-refractivity contribution is 0.0381. The fraction of sp³-hybridized carbons (Fsp3) is 0.667. The minimum Gasteiger partial charge on any atom is -0.386 e. The second-order valence-electron chi connectivity index (χ2n) is 4.96. The van der Waals surface area contributed by atoms with Gasteiger partial charge in [0.2, 0.25) is 0 Å². The molecule has 1 unspecified atom stereocenters. The van der Waals surface area contributed by atoms with Gasteiger partial charge in [-0.1, -0.05) is 0 Å². The Morgan fingerprint density at radius 1 is 1.67 bits per heavy atom. The molecule has 0 saturated carbocycles. The van der Waals surface area contributed by atoms with E-state index in [9.17, 15) is 9.90 Å². The number of anilines is 1. The van der Waals surface area contributed by atoms with E-state index in [4.69, 9.17) is 4.74 Å². The maximum Gasteiger partial charge on any atom is 0.293 e. The third-order valence-corrected chi connectivity index (χ3v) is 3.09. The van der Waals surface area contributed by atoms with E-state index in [-0.39, 0.29) is 24.0 Å². The molecule has 0 bridgehead atoms. The maximum atomic E-state index is 12.0. The van der Waals surface area contributed by atoms with Crippen LogP contribution in [0, 0.1) is 0 Å². The van der Waals surface area contributed by atoms with Crippen molar-refractivity contribution in [2.45, 2.75) is 31.9 Å². The molecule has 0 spiro atoms. The first-order chi connectivity index (χ1) is 8.52. The first kappa shape index (κ1) is 13.0. The summed E-state index contributed by atoms with van der Waals surface area (Å²) >= 11 is 0. The van der Waals surface area contributed by atoms with Crippen molar-refractivity contribution in [2.24, 2.45) is 0 Å². The Morgan fingerprint density at radius 2 is 2.44 bits per heavy atom. The molecule has 1 aliphatic rings. The Balaban J connectivity index is 2.10. The van der Waals surface area contributed by atoms with E-state index in [0.717, 1.165) is 0 Å². The fourth-order valence-corrected chi connectivity index (χ4v) is 1.94. The lowest BCUT2D eigenvalue weighted by Crippen LogP contribution is -2.39. The molecule has 1 atom stereocenters. The molecule has 1 aromatic heterocycles. The molecule has 2 heterocycles. The Hall–Kier alpha value is -1.40. The summed E-state index contributed by atoms with van der Waals surface area (Å²) in [5.74, 6) is 0.270. The van der Waals surface area contributed by atoms with Gasteiger partial charge in [0, 0.05) is 38.0 Å². The van der Waals surface area contributed by atoms with Gasteiger partial charge in [-0.3, -0.25) is 4.79 Å². The molecule has 1 saturated heterocycles. The highest BCUT2D eigenvalue weighted by molar-refractivity contribution is 5.31. The van der Waals surface area contributed by atoms with Crippen molar-refractivity contribution in [3.8, 4) is 0 Å². The summed E-state index contributed by atoms with van der Waals surface area (Å²) in [5, 5.41) is 13.0. The minimum absolute atomic E-state index is 0.0824. The second-order valence-corrected chi connectivity index (χ2v) is 4.96. The molecule has 0 aromatic carbocycles. The van der Waals surface area contributed by atoms with Crippen molar-refractivity contribution in [1.82, 2.24) is 9.55 Å². The number of hydrogen-bond acceptors (Lipinski definition) is 5. The lowest BCUT2D eigenvalue weighted by Gasteiger charge is -2.21. The number of nitrogens with zero attached hydrogens (tertiary/aromatic N) is 2. The zero-order valence-corrected chi connectivity index (χ0v) is 10.7. The molecule has 0 radical (unpaired) electrons. The van der Waals surface area contributed by atoms with Crippen LogP contribution in [0.25, 0.3) is 0 Å². The molecule has 6 nitrogen and oxygen atoms in total. The van der Waals surface area contributed by atoms with Gasteiger partial charge in [-0.2, -0.15) is 0 Å². The number of hydrogen-bond donors (Lipinski definition) is 2. The number of ether oxygens (including phenoxy) is 1. The summed E-state index contributed by atoms with van der Waals surface area (Å²) in [7, 11) is 0. The van der Waals surface area contributed by atoms with E-state index in [1.165, 1.54) is 0 Å². The Bertz CT molecular complexity index is 464. The van der Waals surface area contributed by atoms with Crippen LogP contribution in [0.15, 0.2) is 17.2 Å². The van der Waals surface area contributed by atoms with Crippen LogP contribution in [0.4, 0.5) is 5.82 Å². The molecular formula is C12H19N3O3. The summed E-state index contributed by atoms with van der Waals surface area (Å²) in [6.45, 7) is 4.99. The van der Waals surface area contributed by atoms with E-state index in [0.29, 0.717) is 19.6 Å². The molecule has 100 valence electrons. The van der Waals surface area contributed by atoms with Crippen molar-refractivity contribution in [1.29, 1.82) is 0 Å². The van der Waals surface area contributed by atoms with Crippen molar-refractivity contribution >= 4 is 5.82 Å².